The van der Waals surface area contributed by atoms with E-state index in [-0.39, 0.29) is 27.3 Å². The monoisotopic (exact) mass is 424 g/mol. The Labute approximate surface area is 157 Å². The molecule has 8 heteroatoms. The molecule has 2 aromatic carbocycles. The third kappa shape index (κ3) is 4.05. The van der Waals surface area contributed by atoms with Gasteiger partial charge in [-0.3, -0.25) is 19.7 Å². The molecule has 0 saturated heterocycles. The lowest BCUT2D eigenvalue weighted by Gasteiger charge is -2.20. The quantitative estimate of drug-likeness (QED) is 0.533. The summed E-state index contributed by atoms with van der Waals surface area (Å²) in [4.78, 5) is 35.5. The summed E-state index contributed by atoms with van der Waals surface area (Å²) < 4.78 is 0.0371. The molecule has 0 aliphatic carbocycles. The molecule has 0 atom stereocenters. The van der Waals surface area contributed by atoms with Gasteiger partial charge in [-0.15, -0.1) is 0 Å². The zero-order chi connectivity index (χ0) is 18.7. The fourth-order valence-corrected chi connectivity index (χ4v) is 3.36. The summed E-state index contributed by atoms with van der Waals surface area (Å²) in [6, 6.07) is 10.6. The van der Waals surface area contributed by atoms with E-state index in [2.05, 4.69) is 15.9 Å². The standard InChI is InChI=1S/C17H14BrClN2O4/c1-10(22)20(11(2)23)14-9-13(8-12-6-4-3-5-7-12)17(21(24)25)15(18)16(14)19/h3-7,9H,8H2,1-2H3. The maximum atomic E-state index is 11.8. The van der Waals surface area contributed by atoms with Gasteiger partial charge in [-0.05, 0) is 27.6 Å². The van der Waals surface area contributed by atoms with Gasteiger partial charge in [0.05, 0.1) is 15.6 Å². The first-order chi connectivity index (χ1) is 11.7. The number of halogens is 2. The van der Waals surface area contributed by atoms with Crippen LogP contribution in [-0.2, 0) is 16.0 Å². The van der Waals surface area contributed by atoms with Crippen molar-refractivity contribution in [1.29, 1.82) is 0 Å². The number of carbonyl (C=O) groups excluding carboxylic acids is 2. The summed E-state index contributed by atoms with van der Waals surface area (Å²) in [5, 5.41) is 11.4. The maximum absolute atomic E-state index is 11.8. The molecule has 6 nitrogen and oxygen atoms in total. The topological polar surface area (TPSA) is 80.5 Å². The number of nitro groups is 1. The molecule has 0 aliphatic rings. The van der Waals surface area contributed by atoms with Crippen LogP contribution in [0.15, 0.2) is 40.9 Å². The zero-order valence-electron chi connectivity index (χ0n) is 13.5. The Hall–Kier alpha value is -2.25. The van der Waals surface area contributed by atoms with Gasteiger partial charge in [-0.2, -0.15) is 0 Å². The van der Waals surface area contributed by atoms with Crippen molar-refractivity contribution >= 4 is 50.7 Å². The molecule has 0 fully saturated rings. The second-order valence-electron chi connectivity index (χ2n) is 5.32. The van der Waals surface area contributed by atoms with E-state index in [4.69, 9.17) is 11.6 Å². The Bertz CT molecular complexity index is 841. The molecule has 0 radical (unpaired) electrons. The van der Waals surface area contributed by atoms with Crippen LogP contribution in [0.25, 0.3) is 0 Å². The van der Waals surface area contributed by atoms with Crippen molar-refractivity contribution in [1.82, 2.24) is 0 Å². The third-order valence-corrected chi connectivity index (χ3v) is 4.91. The Morgan fingerprint density at radius 2 is 1.76 bits per heavy atom. The van der Waals surface area contributed by atoms with Gasteiger partial charge in [-0.1, -0.05) is 41.9 Å². The number of benzene rings is 2. The third-order valence-electron chi connectivity index (χ3n) is 3.53. The van der Waals surface area contributed by atoms with Crippen molar-refractivity contribution in [2.24, 2.45) is 0 Å². The minimum absolute atomic E-state index is 0.0371. The highest BCUT2D eigenvalue weighted by Gasteiger charge is 2.29. The number of rotatable bonds is 4. The maximum Gasteiger partial charge on any atom is 0.288 e. The van der Waals surface area contributed by atoms with Crippen LogP contribution in [0.4, 0.5) is 11.4 Å². The first-order valence-electron chi connectivity index (χ1n) is 7.24. The van der Waals surface area contributed by atoms with Crippen molar-refractivity contribution in [3.05, 3.63) is 67.1 Å². The molecule has 25 heavy (non-hydrogen) atoms. The van der Waals surface area contributed by atoms with Gasteiger partial charge in [-0.25, -0.2) is 4.90 Å². The number of nitrogens with zero attached hydrogens (tertiary/aromatic N) is 2. The number of anilines is 1. The van der Waals surface area contributed by atoms with E-state index in [9.17, 15) is 19.7 Å². The van der Waals surface area contributed by atoms with Crippen molar-refractivity contribution < 1.29 is 14.5 Å². The predicted octanol–water partition coefficient (Wildman–Crippen LogP) is 4.50. The average molecular weight is 426 g/mol. The summed E-state index contributed by atoms with van der Waals surface area (Å²) in [6.45, 7) is 2.45. The van der Waals surface area contributed by atoms with Crippen LogP contribution >= 0.6 is 27.5 Å². The van der Waals surface area contributed by atoms with Gasteiger partial charge in [0.25, 0.3) is 5.69 Å². The summed E-state index contributed by atoms with van der Waals surface area (Å²) in [7, 11) is 0. The van der Waals surface area contributed by atoms with Crippen molar-refractivity contribution in [2.75, 3.05) is 4.90 Å². The number of nitro benzene ring substituents is 1. The van der Waals surface area contributed by atoms with Crippen molar-refractivity contribution in [3.63, 3.8) is 0 Å². The average Bonchev–Trinajstić information content (AvgIpc) is 2.52. The highest BCUT2D eigenvalue weighted by atomic mass is 79.9. The van der Waals surface area contributed by atoms with E-state index < -0.39 is 16.7 Å². The van der Waals surface area contributed by atoms with E-state index in [1.807, 2.05) is 30.3 Å². The molecular formula is C17H14BrClN2O4. The molecule has 0 unspecified atom stereocenters. The lowest BCUT2D eigenvalue weighted by Crippen LogP contribution is -2.33. The first kappa shape index (κ1) is 19.1. The fourth-order valence-electron chi connectivity index (χ4n) is 2.53. The summed E-state index contributed by atoms with van der Waals surface area (Å²) in [5.41, 5.74) is 1.12. The van der Waals surface area contributed by atoms with Crippen LogP contribution in [0.5, 0.6) is 0 Å². The van der Waals surface area contributed by atoms with E-state index in [0.29, 0.717) is 5.56 Å². The van der Waals surface area contributed by atoms with E-state index in [1.54, 1.807) is 0 Å². The molecule has 0 aromatic heterocycles. The normalized spacial score (nSPS) is 10.4. The molecular weight excluding hydrogens is 412 g/mol. The van der Waals surface area contributed by atoms with Gasteiger partial charge >= 0.3 is 0 Å². The van der Waals surface area contributed by atoms with Crippen LogP contribution in [0.3, 0.4) is 0 Å². The number of amides is 2. The molecule has 0 aliphatic heterocycles. The molecule has 0 saturated carbocycles. The number of imide groups is 1. The Morgan fingerprint density at radius 3 is 2.24 bits per heavy atom. The largest absolute Gasteiger partial charge is 0.288 e. The van der Waals surface area contributed by atoms with Crippen LogP contribution < -0.4 is 4.90 Å². The Balaban J connectivity index is 2.70. The van der Waals surface area contributed by atoms with E-state index in [1.165, 1.54) is 19.9 Å². The SMILES string of the molecule is CC(=O)N(C(C)=O)c1cc(Cc2ccccc2)c([N+](=O)[O-])c(Br)c1Cl. The summed E-state index contributed by atoms with van der Waals surface area (Å²) in [6.07, 6.45) is 0.254. The van der Waals surface area contributed by atoms with Crippen LogP contribution in [0, 0.1) is 10.1 Å². The molecule has 0 bridgehead atoms. The Morgan fingerprint density at radius 1 is 1.20 bits per heavy atom. The molecule has 0 heterocycles. The van der Waals surface area contributed by atoms with Crippen LogP contribution in [0.2, 0.25) is 5.02 Å². The van der Waals surface area contributed by atoms with E-state index >= 15 is 0 Å². The van der Waals surface area contributed by atoms with Gasteiger partial charge < -0.3 is 0 Å². The van der Waals surface area contributed by atoms with E-state index in [0.717, 1.165) is 10.5 Å². The van der Waals surface area contributed by atoms with Gasteiger partial charge in [0.1, 0.15) is 4.47 Å². The molecule has 0 spiro atoms. The number of carbonyl (C=O) groups is 2. The van der Waals surface area contributed by atoms with Crippen LogP contribution in [0.1, 0.15) is 25.0 Å². The lowest BCUT2D eigenvalue weighted by molar-refractivity contribution is -0.386. The predicted molar refractivity (Wildman–Crippen MR) is 98.9 cm³/mol. The molecule has 130 valence electrons. The van der Waals surface area contributed by atoms with Crippen molar-refractivity contribution in [2.45, 2.75) is 20.3 Å². The van der Waals surface area contributed by atoms with Crippen molar-refractivity contribution in [3.8, 4) is 0 Å². The second kappa shape index (κ2) is 7.76. The highest BCUT2D eigenvalue weighted by Crippen LogP contribution is 2.42. The highest BCUT2D eigenvalue weighted by molar-refractivity contribution is 9.10. The summed E-state index contributed by atoms with van der Waals surface area (Å²) >= 11 is 9.34. The minimum Gasteiger partial charge on any atom is -0.274 e. The minimum atomic E-state index is -0.538. The first-order valence-corrected chi connectivity index (χ1v) is 8.41. The summed E-state index contributed by atoms with van der Waals surface area (Å²) in [5.74, 6) is -1.05. The van der Waals surface area contributed by atoms with Gasteiger partial charge in [0, 0.05) is 25.8 Å². The Kier molecular flexibility index (Phi) is 5.92. The zero-order valence-corrected chi connectivity index (χ0v) is 15.8. The molecule has 2 rings (SSSR count). The molecule has 0 N–H and O–H groups in total. The van der Waals surface area contributed by atoms with Gasteiger partial charge in [0.15, 0.2) is 0 Å². The number of hydrogen-bond acceptors (Lipinski definition) is 4. The van der Waals surface area contributed by atoms with Crippen LogP contribution in [-0.4, -0.2) is 16.7 Å². The molecule has 2 aromatic rings. The second-order valence-corrected chi connectivity index (χ2v) is 6.50. The molecule has 2 amide bonds. The fraction of sp³-hybridized carbons (Fsp3) is 0.176. The smallest absolute Gasteiger partial charge is 0.274 e. The number of hydrogen-bond donors (Lipinski definition) is 0. The van der Waals surface area contributed by atoms with Gasteiger partial charge in [0.2, 0.25) is 11.8 Å². The lowest BCUT2D eigenvalue weighted by atomic mass is 10.0.